The van der Waals surface area contributed by atoms with Crippen LogP contribution in [0.15, 0.2) is 30.3 Å². The van der Waals surface area contributed by atoms with Crippen LogP contribution in [0.3, 0.4) is 0 Å². The second-order valence-electron chi connectivity index (χ2n) is 10.9. The van der Waals surface area contributed by atoms with Gasteiger partial charge < -0.3 is 11.1 Å². The molecular weight excluding hydrogens is 404 g/mol. The molecule has 0 saturated heterocycles. The van der Waals surface area contributed by atoms with Crippen molar-refractivity contribution >= 4 is 17.5 Å². The number of hydrogen-bond donors (Lipinski definition) is 2. The van der Waals surface area contributed by atoms with E-state index in [1.807, 2.05) is 6.92 Å². The Kier molecular flexibility index (Phi) is 8.49. The first-order chi connectivity index (χ1) is 14.8. The number of rotatable bonds is 4. The minimum atomic E-state index is -0.246. The normalized spacial score (nSPS) is 37.3. The summed E-state index contributed by atoms with van der Waals surface area (Å²) in [4.78, 5) is 13.5. The predicted molar refractivity (Wildman–Crippen MR) is 131 cm³/mol. The van der Waals surface area contributed by atoms with E-state index in [0.29, 0.717) is 23.8 Å². The average molecular weight is 447 g/mol. The van der Waals surface area contributed by atoms with Crippen LogP contribution in [0.2, 0.25) is 0 Å². The van der Waals surface area contributed by atoms with E-state index >= 15 is 0 Å². The molecule has 0 radical (unpaired) electrons. The van der Waals surface area contributed by atoms with Crippen LogP contribution < -0.4 is 11.1 Å². The minimum Gasteiger partial charge on any atom is -0.353 e. The molecule has 3 aliphatic rings. The third-order valence-electron chi connectivity index (χ3n) is 8.07. The molecular formula is C27H43ClN2O. The first kappa shape index (κ1) is 24.6. The van der Waals surface area contributed by atoms with Gasteiger partial charge in [-0.3, -0.25) is 4.79 Å². The molecule has 3 aliphatic carbocycles. The number of hydrogen-bond acceptors (Lipinski definition) is 2. The standard InChI is InChI=1S/C25H38N2O.C2H5Cl/c1-18-12-20-14-24(2,23(28)27-22-10-8-19(16-26)9-11-22)17-25(13-18,15-20)21-6-4-3-5-7-21;1-2-3/h3-7,18-20,22H,8-17,26H2,1-2H3,(H,27,28);2H2,1H3. The summed E-state index contributed by atoms with van der Waals surface area (Å²) in [5, 5.41) is 3.46. The molecule has 0 spiro atoms. The number of alkyl halides is 1. The van der Waals surface area contributed by atoms with Gasteiger partial charge in [-0.05, 0) is 93.1 Å². The Hall–Kier alpha value is -1.06. The monoisotopic (exact) mass is 446 g/mol. The van der Waals surface area contributed by atoms with Crippen LogP contribution >= 0.6 is 11.6 Å². The van der Waals surface area contributed by atoms with Crippen LogP contribution in [-0.2, 0) is 10.2 Å². The zero-order valence-corrected chi connectivity index (χ0v) is 20.6. The van der Waals surface area contributed by atoms with E-state index in [1.165, 1.54) is 24.8 Å². The Bertz CT molecular complexity index is 698. The molecule has 1 aromatic rings. The number of carbonyl (C=O) groups is 1. The van der Waals surface area contributed by atoms with Gasteiger partial charge in [-0.2, -0.15) is 0 Å². The molecule has 3 N–H and O–H groups in total. The number of fused-ring (bicyclic) bond motifs is 2. The smallest absolute Gasteiger partial charge is 0.226 e. The van der Waals surface area contributed by atoms with Crippen molar-refractivity contribution in [3.8, 4) is 0 Å². The number of amides is 1. The van der Waals surface area contributed by atoms with Gasteiger partial charge in [-0.1, -0.05) is 51.1 Å². The average Bonchev–Trinajstić information content (AvgIpc) is 2.74. The van der Waals surface area contributed by atoms with Crippen molar-refractivity contribution in [3.05, 3.63) is 35.9 Å². The van der Waals surface area contributed by atoms with E-state index in [4.69, 9.17) is 17.3 Å². The molecule has 3 fully saturated rings. The lowest BCUT2D eigenvalue weighted by Gasteiger charge is -2.54. The molecule has 3 saturated carbocycles. The number of halogens is 1. The lowest BCUT2D eigenvalue weighted by molar-refractivity contribution is -0.137. The van der Waals surface area contributed by atoms with Crippen molar-refractivity contribution in [1.82, 2.24) is 5.32 Å². The van der Waals surface area contributed by atoms with Crippen molar-refractivity contribution in [3.63, 3.8) is 0 Å². The van der Waals surface area contributed by atoms with Gasteiger partial charge in [0.1, 0.15) is 0 Å². The number of nitrogens with one attached hydrogen (secondary N) is 1. The second-order valence-corrected chi connectivity index (χ2v) is 11.4. The summed E-state index contributed by atoms with van der Waals surface area (Å²) in [6.45, 7) is 7.33. The fourth-order valence-electron chi connectivity index (χ4n) is 7.00. The van der Waals surface area contributed by atoms with Crippen molar-refractivity contribution in [2.75, 3.05) is 12.4 Å². The van der Waals surface area contributed by atoms with Crippen molar-refractivity contribution < 1.29 is 4.79 Å². The van der Waals surface area contributed by atoms with Crippen molar-refractivity contribution in [1.29, 1.82) is 0 Å². The molecule has 4 heteroatoms. The largest absolute Gasteiger partial charge is 0.353 e. The first-order valence-electron chi connectivity index (χ1n) is 12.5. The lowest BCUT2D eigenvalue weighted by atomic mass is 9.50. The highest BCUT2D eigenvalue weighted by molar-refractivity contribution is 6.17. The minimum absolute atomic E-state index is 0.172. The second kappa shape index (κ2) is 10.7. The molecule has 1 amide bonds. The highest BCUT2D eigenvalue weighted by Crippen LogP contribution is 2.58. The summed E-state index contributed by atoms with van der Waals surface area (Å²) in [5.41, 5.74) is 7.21. The summed E-state index contributed by atoms with van der Waals surface area (Å²) in [5.74, 6) is 3.10. The Morgan fingerprint density at radius 2 is 1.77 bits per heavy atom. The Morgan fingerprint density at radius 3 is 2.39 bits per heavy atom. The fourth-order valence-corrected chi connectivity index (χ4v) is 7.00. The van der Waals surface area contributed by atoms with Crippen LogP contribution in [-0.4, -0.2) is 24.4 Å². The molecule has 4 atom stereocenters. The number of nitrogens with two attached hydrogens (primary N) is 1. The van der Waals surface area contributed by atoms with Crippen molar-refractivity contribution in [2.45, 2.75) is 90.0 Å². The molecule has 4 rings (SSSR count). The zero-order valence-electron chi connectivity index (χ0n) is 19.8. The van der Waals surface area contributed by atoms with Gasteiger partial charge in [0.05, 0.1) is 0 Å². The molecule has 0 aromatic heterocycles. The summed E-state index contributed by atoms with van der Waals surface area (Å²) < 4.78 is 0. The quantitative estimate of drug-likeness (QED) is 0.554. The molecule has 174 valence electrons. The van der Waals surface area contributed by atoms with E-state index in [-0.39, 0.29) is 10.8 Å². The maximum absolute atomic E-state index is 13.5. The summed E-state index contributed by atoms with van der Waals surface area (Å²) in [7, 11) is 0. The van der Waals surface area contributed by atoms with Crippen LogP contribution in [0, 0.1) is 23.2 Å². The zero-order chi connectivity index (χ0) is 22.5. The third kappa shape index (κ3) is 5.85. The van der Waals surface area contributed by atoms with Crippen LogP contribution in [0.1, 0.15) is 84.1 Å². The highest BCUT2D eigenvalue weighted by Gasteiger charge is 2.53. The van der Waals surface area contributed by atoms with Crippen LogP contribution in [0.5, 0.6) is 0 Å². The topological polar surface area (TPSA) is 55.1 Å². The molecule has 3 nitrogen and oxygen atoms in total. The van der Waals surface area contributed by atoms with Gasteiger partial charge >= 0.3 is 0 Å². The Balaban J connectivity index is 0.000000858. The maximum Gasteiger partial charge on any atom is 0.226 e. The van der Waals surface area contributed by atoms with Gasteiger partial charge in [0.2, 0.25) is 5.91 Å². The van der Waals surface area contributed by atoms with E-state index < -0.39 is 0 Å². The first-order valence-corrected chi connectivity index (χ1v) is 13.0. The fraction of sp³-hybridized carbons (Fsp3) is 0.741. The molecule has 2 bridgehead atoms. The molecule has 0 aliphatic heterocycles. The molecule has 31 heavy (non-hydrogen) atoms. The van der Waals surface area contributed by atoms with Crippen molar-refractivity contribution in [2.24, 2.45) is 28.9 Å². The van der Waals surface area contributed by atoms with Crippen LogP contribution in [0.25, 0.3) is 0 Å². The third-order valence-corrected chi connectivity index (χ3v) is 8.07. The molecule has 0 heterocycles. The van der Waals surface area contributed by atoms with Gasteiger partial charge in [0.15, 0.2) is 0 Å². The van der Waals surface area contributed by atoms with Crippen LogP contribution in [0.4, 0.5) is 0 Å². The SMILES string of the molecule is CC1CC2CC(C)(C(=O)NC3CCC(CN)CC3)CC(c3ccccc3)(C1)C2.CCCl. The molecule has 1 aromatic carbocycles. The highest BCUT2D eigenvalue weighted by atomic mass is 35.5. The van der Waals surface area contributed by atoms with Gasteiger partial charge in [-0.25, -0.2) is 0 Å². The molecule has 4 unspecified atom stereocenters. The Labute approximate surface area is 194 Å². The van der Waals surface area contributed by atoms with E-state index in [2.05, 4.69) is 49.5 Å². The predicted octanol–water partition coefficient (Wildman–Crippen LogP) is 6.04. The maximum atomic E-state index is 13.5. The Morgan fingerprint density at radius 1 is 1.13 bits per heavy atom. The summed E-state index contributed by atoms with van der Waals surface area (Å²) in [6.07, 6.45) is 10.3. The van der Waals surface area contributed by atoms with E-state index in [0.717, 1.165) is 56.9 Å². The van der Waals surface area contributed by atoms with E-state index in [9.17, 15) is 4.79 Å². The van der Waals surface area contributed by atoms with Gasteiger partial charge in [0.25, 0.3) is 0 Å². The summed E-state index contributed by atoms with van der Waals surface area (Å²) in [6, 6.07) is 11.4. The van der Waals surface area contributed by atoms with Gasteiger partial charge in [0, 0.05) is 17.3 Å². The summed E-state index contributed by atoms with van der Waals surface area (Å²) >= 11 is 5.00. The number of benzene rings is 1. The number of carbonyl (C=O) groups excluding carboxylic acids is 1. The van der Waals surface area contributed by atoms with Gasteiger partial charge in [-0.15, -0.1) is 11.6 Å². The lowest BCUT2D eigenvalue weighted by Crippen LogP contribution is -2.54. The van der Waals surface area contributed by atoms with E-state index in [1.54, 1.807) is 0 Å².